The fraction of sp³-hybridized carbons (Fsp3) is 0. The minimum absolute atomic E-state index is 0.553. The lowest BCUT2D eigenvalue weighted by Gasteiger charge is -2.16. The largest absolute Gasteiger partial charge is 0.318 e. The summed E-state index contributed by atoms with van der Waals surface area (Å²) < 4.78 is 4.33. The molecule has 0 aliphatic rings. The number of aromatic nitrogens is 2. The Morgan fingerprint density at radius 2 is 1.14 bits per heavy atom. The molecule has 7 aromatic carbocycles. The van der Waals surface area contributed by atoms with Gasteiger partial charge in [-0.2, -0.15) is 10.5 Å². The van der Waals surface area contributed by atoms with Crippen molar-refractivity contribution in [1.29, 1.82) is 10.5 Å². The molecule has 230 valence electrons. The van der Waals surface area contributed by atoms with Gasteiger partial charge in [0, 0.05) is 21.7 Å². The molecule has 5 nitrogen and oxygen atoms in total. The van der Waals surface area contributed by atoms with Crippen LogP contribution in [0.15, 0.2) is 152 Å². The van der Waals surface area contributed by atoms with Crippen LogP contribution in [-0.2, 0) is 0 Å². The molecule has 0 bridgehead atoms. The number of nitrogens with zero attached hydrogens (tertiary/aromatic N) is 5. The highest BCUT2D eigenvalue weighted by Crippen LogP contribution is 2.41. The van der Waals surface area contributed by atoms with Crippen LogP contribution in [0.5, 0.6) is 0 Å². The maximum atomic E-state index is 10.5. The lowest BCUT2D eigenvalue weighted by atomic mass is 9.96. The summed E-state index contributed by atoms with van der Waals surface area (Å²) in [6.45, 7) is 7.96. The molecule has 0 spiro atoms. The SMILES string of the molecule is [C-]#[N+]c1cccc2c3ccccc3n(-c3ccccc3-c3cccc(-c4ccc(-n5c6ccccc6c6cc(C#N)ccc65)c(C#N)c4)c3)c12. The molecule has 0 saturated heterocycles. The van der Waals surface area contributed by atoms with Crippen molar-refractivity contribution in [3.05, 3.63) is 174 Å². The highest BCUT2D eigenvalue weighted by atomic mass is 15.0. The van der Waals surface area contributed by atoms with Crippen LogP contribution in [-0.4, -0.2) is 9.13 Å². The molecule has 0 saturated carbocycles. The number of nitriles is 2. The zero-order valence-corrected chi connectivity index (χ0v) is 26.7. The first-order valence-electron chi connectivity index (χ1n) is 16.3. The quantitative estimate of drug-likeness (QED) is 0.181. The van der Waals surface area contributed by atoms with E-state index in [9.17, 15) is 10.5 Å². The predicted octanol–water partition coefficient (Wildman–Crippen LogP) is 11.5. The van der Waals surface area contributed by atoms with Gasteiger partial charge in [0.25, 0.3) is 0 Å². The van der Waals surface area contributed by atoms with Gasteiger partial charge >= 0.3 is 0 Å². The van der Waals surface area contributed by atoms with Gasteiger partial charge in [-0.05, 0) is 76.7 Å². The summed E-state index contributed by atoms with van der Waals surface area (Å²) in [4.78, 5) is 3.91. The van der Waals surface area contributed by atoms with Gasteiger partial charge in [0.15, 0.2) is 0 Å². The van der Waals surface area contributed by atoms with Crippen LogP contribution in [0, 0.1) is 29.2 Å². The summed E-state index contributed by atoms with van der Waals surface area (Å²) in [6.07, 6.45) is 0. The minimum atomic E-state index is 0.553. The van der Waals surface area contributed by atoms with Crippen LogP contribution in [0.25, 0.3) is 82.1 Å². The van der Waals surface area contributed by atoms with Gasteiger partial charge in [-0.3, -0.25) is 0 Å². The standard InChI is InChI=1S/C45H25N5/c1-48-39-16-9-15-37-35-13-3-7-19-43(35)50(45(37)39)41-17-5-2-12-34(41)32-11-8-10-30(25-32)31-21-23-40(33(26-31)28-47)49-42-18-6-4-14-36(42)38-24-29(27-46)20-22-44(38)49/h2-26H. The molecule has 0 atom stereocenters. The van der Waals surface area contributed by atoms with Gasteiger partial charge in [0.1, 0.15) is 6.07 Å². The van der Waals surface area contributed by atoms with Crippen molar-refractivity contribution in [3.63, 3.8) is 0 Å². The maximum absolute atomic E-state index is 10.5. The molecule has 0 radical (unpaired) electrons. The summed E-state index contributed by atoms with van der Waals surface area (Å²) in [6, 6.07) is 55.5. The van der Waals surface area contributed by atoms with E-state index in [0.717, 1.165) is 77.2 Å². The molecule has 50 heavy (non-hydrogen) atoms. The minimum Gasteiger partial charge on any atom is -0.318 e. The first-order chi connectivity index (χ1) is 24.7. The van der Waals surface area contributed by atoms with E-state index >= 15 is 0 Å². The molecule has 9 rings (SSSR count). The van der Waals surface area contributed by atoms with Crippen molar-refractivity contribution in [2.24, 2.45) is 0 Å². The highest BCUT2D eigenvalue weighted by molar-refractivity contribution is 6.14. The second kappa shape index (κ2) is 11.4. The second-order valence-electron chi connectivity index (χ2n) is 12.3. The Morgan fingerprint density at radius 3 is 1.94 bits per heavy atom. The molecular formula is C45H25N5. The van der Waals surface area contributed by atoms with Crippen molar-refractivity contribution >= 4 is 49.3 Å². The number of fused-ring (bicyclic) bond motifs is 6. The number of hydrogen-bond donors (Lipinski definition) is 0. The van der Waals surface area contributed by atoms with Gasteiger partial charge in [0.05, 0.1) is 57.2 Å². The number of hydrogen-bond acceptors (Lipinski definition) is 2. The zero-order valence-electron chi connectivity index (χ0n) is 26.7. The third kappa shape index (κ3) is 4.31. The third-order valence-electron chi connectivity index (χ3n) is 9.61. The van der Waals surface area contributed by atoms with Crippen molar-refractivity contribution in [1.82, 2.24) is 9.13 Å². The predicted molar refractivity (Wildman–Crippen MR) is 202 cm³/mol. The van der Waals surface area contributed by atoms with Crippen LogP contribution in [0.3, 0.4) is 0 Å². The fourth-order valence-electron chi connectivity index (χ4n) is 7.42. The Balaban J connectivity index is 1.20. The molecule has 5 heteroatoms. The van der Waals surface area contributed by atoms with E-state index in [-0.39, 0.29) is 0 Å². The summed E-state index contributed by atoms with van der Waals surface area (Å²) in [7, 11) is 0. The average Bonchev–Trinajstić information content (AvgIpc) is 3.70. The molecule has 0 amide bonds. The monoisotopic (exact) mass is 635 g/mol. The zero-order chi connectivity index (χ0) is 33.8. The third-order valence-corrected chi connectivity index (χ3v) is 9.61. The van der Waals surface area contributed by atoms with Gasteiger partial charge in [-0.1, -0.05) is 97.1 Å². The average molecular weight is 636 g/mol. The van der Waals surface area contributed by atoms with E-state index in [1.807, 2.05) is 78.9 Å². The lowest BCUT2D eigenvalue weighted by molar-refractivity contribution is 1.17. The highest BCUT2D eigenvalue weighted by Gasteiger charge is 2.19. The molecule has 0 N–H and O–H groups in total. The van der Waals surface area contributed by atoms with Crippen LogP contribution in [0.2, 0.25) is 0 Å². The van der Waals surface area contributed by atoms with Crippen molar-refractivity contribution in [2.75, 3.05) is 0 Å². The van der Waals surface area contributed by atoms with Crippen molar-refractivity contribution in [3.8, 4) is 45.8 Å². The molecule has 0 unspecified atom stereocenters. The topological polar surface area (TPSA) is 61.8 Å². The Labute approximate surface area is 288 Å². The van der Waals surface area contributed by atoms with Crippen LogP contribution >= 0.6 is 0 Å². The lowest BCUT2D eigenvalue weighted by Crippen LogP contribution is -1.98. The van der Waals surface area contributed by atoms with Gasteiger partial charge < -0.3 is 9.13 Å². The molecule has 9 aromatic rings. The Morgan fingerprint density at radius 1 is 0.480 bits per heavy atom. The van der Waals surface area contributed by atoms with E-state index in [1.165, 1.54) is 0 Å². The summed E-state index contributed by atoms with van der Waals surface area (Å²) in [5, 5.41) is 24.2. The van der Waals surface area contributed by atoms with Crippen LogP contribution < -0.4 is 0 Å². The van der Waals surface area contributed by atoms with Crippen LogP contribution in [0.1, 0.15) is 11.1 Å². The molecule has 0 fully saturated rings. The summed E-state index contributed by atoms with van der Waals surface area (Å²) in [5.74, 6) is 0. The van der Waals surface area contributed by atoms with Crippen molar-refractivity contribution in [2.45, 2.75) is 0 Å². The summed E-state index contributed by atoms with van der Waals surface area (Å²) >= 11 is 0. The van der Waals surface area contributed by atoms with Gasteiger partial charge in [-0.15, -0.1) is 0 Å². The second-order valence-corrected chi connectivity index (χ2v) is 12.3. The van der Waals surface area contributed by atoms with Crippen LogP contribution in [0.4, 0.5) is 5.69 Å². The normalized spacial score (nSPS) is 11.1. The molecule has 0 aliphatic carbocycles. The van der Waals surface area contributed by atoms with E-state index in [4.69, 9.17) is 6.57 Å². The number of para-hydroxylation sites is 4. The Kier molecular flexibility index (Phi) is 6.56. The number of rotatable bonds is 4. The van der Waals surface area contributed by atoms with E-state index < -0.39 is 0 Å². The first-order valence-corrected chi connectivity index (χ1v) is 16.3. The van der Waals surface area contributed by atoms with Crippen molar-refractivity contribution < 1.29 is 0 Å². The molecule has 0 aliphatic heterocycles. The van der Waals surface area contributed by atoms with E-state index in [1.54, 1.807) is 0 Å². The molecule has 2 heterocycles. The summed E-state index contributed by atoms with van der Waals surface area (Å²) in [5.41, 5.74) is 11.4. The van der Waals surface area contributed by atoms with E-state index in [0.29, 0.717) is 16.8 Å². The maximum Gasteiger partial charge on any atom is 0.211 e. The number of benzene rings is 7. The molecule has 2 aromatic heterocycles. The smallest absolute Gasteiger partial charge is 0.211 e. The van der Waals surface area contributed by atoms with Gasteiger partial charge in [0.2, 0.25) is 5.69 Å². The Hall–Kier alpha value is -7.39. The Bertz CT molecular complexity index is 2970. The van der Waals surface area contributed by atoms with Gasteiger partial charge in [-0.25, -0.2) is 4.85 Å². The van der Waals surface area contributed by atoms with E-state index in [2.05, 4.69) is 98.9 Å². The first kappa shape index (κ1) is 28.8. The molecular weight excluding hydrogens is 611 g/mol. The fourth-order valence-corrected chi connectivity index (χ4v) is 7.42.